The number of rotatable bonds is 3. The average Bonchev–Trinajstić information content (AvgIpc) is 2.39. The average molecular weight is 288 g/mol. The molecule has 0 amide bonds. The van der Waals surface area contributed by atoms with Crippen molar-refractivity contribution in [2.45, 2.75) is 30.5 Å². The van der Waals surface area contributed by atoms with Gasteiger partial charge < -0.3 is 15.8 Å². The topological polar surface area (TPSA) is 47.3 Å². The van der Waals surface area contributed by atoms with E-state index in [9.17, 15) is 13.2 Å². The molecule has 3 N–H and O–H groups in total. The minimum absolute atomic E-state index is 0.370. The lowest BCUT2D eigenvalue weighted by atomic mass is 9.68. The van der Waals surface area contributed by atoms with Crippen molar-refractivity contribution in [1.29, 1.82) is 0 Å². The quantitative estimate of drug-likeness (QED) is 0.840. The molecule has 2 rings (SSSR count). The van der Waals surface area contributed by atoms with Gasteiger partial charge >= 0.3 is 6.18 Å². The van der Waals surface area contributed by atoms with Crippen LogP contribution in [0.5, 0.6) is 0 Å². The fourth-order valence-corrected chi connectivity index (χ4v) is 3.10. The SMILES string of the molecule is COC(C(F)(F)F)C1(c2cccc(N)c2)CCNCC1. The van der Waals surface area contributed by atoms with Gasteiger partial charge in [-0.25, -0.2) is 0 Å². The Kier molecular flexibility index (Phi) is 4.25. The lowest BCUT2D eigenvalue weighted by Crippen LogP contribution is -2.54. The lowest BCUT2D eigenvalue weighted by Gasteiger charge is -2.44. The smallest absolute Gasteiger partial charge is 0.399 e. The van der Waals surface area contributed by atoms with Gasteiger partial charge in [-0.1, -0.05) is 12.1 Å². The second-order valence-corrected chi connectivity index (χ2v) is 5.19. The van der Waals surface area contributed by atoms with E-state index in [4.69, 9.17) is 10.5 Å². The van der Waals surface area contributed by atoms with Crippen molar-refractivity contribution in [2.24, 2.45) is 0 Å². The molecule has 1 fully saturated rings. The number of alkyl halides is 3. The molecule has 112 valence electrons. The Morgan fingerprint density at radius 3 is 2.45 bits per heavy atom. The van der Waals surface area contributed by atoms with Crippen molar-refractivity contribution < 1.29 is 17.9 Å². The molecule has 1 saturated heterocycles. The van der Waals surface area contributed by atoms with Gasteiger partial charge in [-0.3, -0.25) is 0 Å². The van der Waals surface area contributed by atoms with Crippen LogP contribution in [0.4, 0.5) is 18.9 Å². The van der Waals surface area contributed by atoms with Gasteiger partial charge in [-0.05, 0) is 43.6 Å². The van der Waals surface area contributed by atoms with Crippen LogP contribution >= 0.6 is 0 Å². The number of hydrogen-bond donors (Lipinski definition) is 2. The summed E-state index contributed by atoms with van der Waals surface area (Å²) in [5.41, 5.74) is 5.73. The van der Waals surface area contributed by atoms with Crippen molar-refractivity contribution in [2.75, 3.05) is 25.9 Å². The molecule has 1 unspecified atom stereocenters. The number of ether oxygens (including phenoxy) is 1. The van der Waals surface area contributed by atoms with Crippen LogP contribution in [0.15, 0.2) is 24.3 Å². The summed E-state index contributed by atoms with van der Waals surface area (Å²) in [6.45, 7) is 1.06. The molecule has 0 bridgehead atoms. The maximum atomic E-state index is 13.4. The van der Waals surface area contributed by atoms with Crippen LogP contribution in [-0.4, -0.2) is 32.5 Å². The Bertz CT molecular complexity index is 456. The van der Waals surface area contributed by atoms with E-state index in [0.29, 0.717) is 37.2 Å². The summed E-state index contributed by atoms with van der Waals surface area (Å²) in [6.07, 6.45) is -5.49. The van der Waals surface area contributed by atoms with E-state index in [-0.39, 0.29) is 0 Å². The molecule has 0 aliphatic carbocycles. The van der Waals surface area contributed by atoms with E-state index < -0.39 is 17.7 Å². The standard InChI is InChI=1S/C14H19F3N2O/c1-20-12(14(15,16)17)13(5-7-19-8-6-13)10-3-2-4-11(18)9-10/h2-4,9,12,19H,5-8,18H2,1H3. The van der Waals surface area contributed by atoms with Crippen LogP contribution < -0.4 is 11.1 Å². The van der Waals surface area contributed by atoms with Crippen LogP contribution in [-0.2, 0) is 10.2 Å². The van der Waals surface area contributed by atoms with Crippen molar-refractivity contribution in [1.82, 2.24) is 5.32 Å². The molecule has 0 spiro atoms. The first-order valence-corrected chi connectivity index (χ1v) is 6.56. The summed E-state index contributed by atoms with van der Waals surface area (Å²) in [6, 6.07) is 6.70. The first-order valence-electron chi connectivity index (χ1n) is 6.56. The minimum Gasteiger partial charge on any atom is -0.399 e. The third-order valence-electron chi connectivity index (χ3n) is 3.99. The molecule has 0 aromatic heterocycles. The molecule has 1 aliphatic rings. The number of anilines is 1. The molecule has 1 aromatic rings. The highest BCUT2D eigenvalue weighted by atomic mass is 19.4. The van der Waals surface area contributed by atoms with Gasteiger partial charge in [0, 0.05) is 18.2 Å². The van der Waals surface area contributed by atoms with E-state index >= 15 is 0 Å². The van der Waals surface area contributed by atoms with Crippen LogP contribution in [0.25, 0.3) is 0 Å². The zero-order valence-corrected chi connectivity index (χ0v) is 11.3. The summed E-state index contributed by atoms with van der Waals surface area (Å²) < 4.78 is 44.9. The number of piperidine rings is 1. The first-order chi connectivity index (χ1) is 9.40. The Morgan fingerprint density at radius 1 is 1.30 bits per heavy atom. The summed E-state index contributed by atoms with van der Waals surface area (Å²) in [5.74, 6) is 0. The monoisotopic (exact) mass is 288 g/mol. The molecule has 1 aromatic carbocycles. The Balaban J connectivity index is 2.50. The predicted molar refractivity (Wildman–Crippen MR) is 71.5 cm³/mol. The van der Waals surface area contributed by atoms with Gasteiger partial charge in [-0.2, -0.15) is 13.2 Å². The molecular formula is C14H19F3N2O. The van der Waals surface area contributed by atoms with E-state index in [1.165, 1.54) is 0 Å². The third-order valence-corrected chi connectivity index (χ3v) is 3.99. The summed E-state index contributed by atoms with van der Waals surface area (Å²) >= 11 is 0. The Morgan fingerprint density at radius 2 is 1.95 bits per heavy atom. The Labute approximate surface area is 116 Å². The van der Waals surface area contributed by atoms with Crippen LogP contribution in [0.3, 0.4) is 0 Å². The molecule has 20 heavy (non-hydrogen) atoms. The molecule has 6 heteroatoms. The van der Waals surface area contributed by atoms with E-state index in [1.54, 1.807) is 24.3 Å². The van der Waals surface area contributed by atoms with Gasteiger partial charge in [0.15, 0.2) is 6.10 Å². The lowest BCUT2D eigenvalue weighted by molar-refractivity contribution is -0.237. The summed E-state index contributed by atoms with van der Waals surface area (Å²) in [7, 11) is 1.12. The van der Waals surface area contributed by atoms with Gasteiger partial charge in [0.2, 0.25) is 0 Å². The molecular weight excluding hydrogens is 269 g/mol. The van der Waals surface area contributed by atoms with Crippen molar-refractivity contribution in [3.8, 4) is 0 Å². The van der Waals surface area contributed by atoms with E-state index in [1.807, 2.05) is 0 Å². The number of nitrogens with two attached hydrogens (primary N) is 1. The predicted octanol–water partition coefficient (Wildman–Crippen LogP) is 2.47. The highest BCUT2D eigenvalue weighted by Gasteiger charge is 2.55. The normalized spacial score (nSPS) is 20.6. The number of benzene rings is 1. The zero-order valence-electron chi connectivity index (χ0n) is 11.3. The van der Waals surface area contributed by atoms with Crippen molar-refractivity contribution in [3.63, 3.8) is 0 Å². The number of methoxy groups -OCH3 is 1. The fourth-order valence-electron chi connectivity index (χ4n) is 3.10. The third kappa shape index (κ3) is 2.76. The van der Waals surface area contributed by atoms with Crippen molar-refractivity contribution >= 4 is 5.69 Å². The van der Waals surface area contributed by atoms with Crippen LogP contribution in [0.2, 0.25) is 0 Å². The minimum atomic E-state index is -4.41. The number of halogens is 3. The van der Waals surface area contributed by atoms with Gasteiger partial charge in [-0.15, -0.1) is 0 Å². The first kappa shape index (κ1) is 15.1. The Hall–Kier alpha value is -1.27. The number of hydrogen-bond acceptors (Lipinski definition) is 3. The molecule has 1 aliphatic heterocycles. The largest absolute Gasteiger partial charge is 0.415 e. The van der Waals surface area contributed by atoms with E-state index in [2.05, 4.69) is 5.32 Å². The fraction of sp³-hybridized carbons (Fsp3) is 0.571. The number of nitrogen functional groups attached to an aromatic ring is 1. The second-order valence-electron chi connectivity index (χ2n) is 5.19. The molecule has 0 radical (unpaired) electrons. The summed E-state index contributed by atoms with van der Waals surface area (Å²) in [4.78, 5) is 0. The van der Waals surface area contributed by atoms with Crippen LogP contribution in [0, 0.1) is 0 Å². The maximum absolute atomic E-state index is 13.4. The molecule has 1 heterocycles. The van der Waals surface area contributed by atoms with E-state index in [0.717, 1.165) is 7.11 Å². The second kappa shape index (κ2) is 5.61. The zero-order chi connectivity index (χ0) is 14.8. The van der Waals surface area contributed by atoms with Gasteiger partial charge in [0.25, 0.3) is 0 Å². The summed E-state index contributed by atoms with van der Waals surface area (Å²) in [5, 5.41) is 3.10. The molecule has 3 nitrogen and oxygen atoms in total. The maximum Gasteiger partial charge on any atom is 0.415 e. The highest BCUT2D eigenvalue weighted by Crippen LogP contribution is 2.45. The molecule has 0 saturated carbocycles. The van der Waals surface area contributed by atoms with Crippen molar-refractivity contribution in [3.05, 3.63) is 29.8 Å². The van der Waals surface area contributed by atoms with Gasteiger partial charge in [0.05, 0.1) is 0 Å². The molecule has 1 atom stereocenters. The van der Waals surface area contributed by atoms with Gasteiger partial charge in [0.1, 0.15) is 0 Å². The van der Waals surface area contributed by atoms with Crippen LogP contribution in [0.1, 0.15) is 18.4 Å². The highest BCUT2D eigenvalue weighted by molar-refractivity contribution is 5.44. The number of nitrogens with one attached hydrogen (secondary N) is 1.